The molecule has 4 aromatic rings. The van der Waals surface area contributed by atoms with Crippen LogP contribution in [0.5, 0.6) is 0 Å². The third-order valence-electron chi connectivity index (χ3n) is 9.86. The highest BCUT2D eigenvalue weighted by Crippen LogP contribution is 2.46. The molecule has 0 atom stereocenters. The highest BCUT2D eigenvalue weighted by atomic mass is 14.9. The SMILES string of the molecule is Cc1ccc(C2=CC3=CC4=NC(=CC5=NC(=CC6=NC(=C(c7ccc(C)cc7)C2=N3)C(c2ccc(C)cc2)=C6c2ccc(C)cc2)C=C5)C=C4)cc1. The standard InChI is InChI=1S/C48H36N4/c1-29-5-13-33(14-6-29)42-27-41-26-39-22-21-37(49-39)25-38-23-24-40(50-38)28-43-44(34-15-7-30(2)8-16-34)45(35-17-9-31(3)10-18-35)48(52-43)46(47(42)51-41)36-19-11-32(4)12-20-36/h5-28H,1-4H3. The molecule has 4 nitrogen and oxygen atoms in total. The Balaban J connectivity index is 1.43. The summed E-state index contributed by atoms with van der Waals surface area (Å²) in [4.78, 5) is 21.0. The van der Waals surface area contributed by atoms with Gasteiger partial charge >= 0.3 is 0 Å². The lowest BCUT2D eigenvalue weighted by atomic mass is 9.85. The van der Waals surface area contributed by atoms with Crippen LogP contribution in [0.4, 0.5) is 0 Å². The van der Waals surface area contributed by atoms with E-state index in [0.29, 0.717) is 0 Å². The summed E-state index contributed by atoms with van der Waals surface area (Å²) in [6.45, 7) is 8.50. The molecule has 0 saturated heterocycles. The number of rotatable bonds is 4. The van der Waals surface area contributed by atoms with Crippen LogP contribution in [0.2, 0.25) is 0 Å². The van der Waals surface area contributed by atoms with Crippen molar-refractivity contribution in [2.24, 2.45) is 20.0 Å². The van der Waals surface area contributed by atoms with Gasteiger partial charge in [-0.25, -0.2) is 20.0 Å². The summed E-state index contributed by atoms with van der Waals surface area (Å²) in [6, 6.07) is 35.0. The Bertz CT molecular complexity index is 2570. The van der Waals surface area contributed by atoms with Gasteiger partial charge in [0.05, 0.1) is 45.6 Å². The Morgan fingerprint density at radius 1 is 0.346 bits per heavy atom. The van der Waals surface area contributed by atoms with E-state index in [1.807, 2.05) is 24.3 Å². The average Bonchev–Trinajstić information content (AvgIpc) is 3.95. The van der Waals surface area contributed by atoms with Crippen molar-refractivity contribution in [2.75, 3.05) is 0 Å². The van der Waals surface area contributed by atoms with Gasteiger partial charge in [-0.1, -0.05) is 119 Å². The van der Waals surface area contributed by atoms with Crippen molar-refractivity contribution in [3.8, 4) is 0 Å². The summed E-state index contributed by atoms with van der Waals surface area (Å²) in [5, 5.41) is 0. The van der Waals surface area contributed by atoms with E-state index in [9.17, 15) is 0 Å². The summed E-state index contributed by atoms with van der Waals surface area (Å²) in [5.74, 6) is 0. The van der Waals surface area contributed by atoms with Crippen molar-refractivity contribution < 1.29 is 0 Å². The van der Waals surface area contributed by atoms with Crippen molar-refractivity contribution in [3.05, 3.63) is 213 Å². The average molecular weight is 669 g/mol. The van der Waals surface area contributed by atoms with Crippen LogP contribution in [0, 0.1) is 27.7 Å². The lowest BCUT2D eigenvalue weighted by Crippen LogP contribution is -2.07. The van der Waals surface area contributed by atoms with Gasteiger partial charge in [0.15, 0.2) is 0 Å². The van der Waals surface area contributed by atoms with Crippen LogP contribution in [0.15, 0.2) is 188 Å². The first-order chi connectivity index (χ1) is 25.3. The Morgan fingerprint density at radius 2 is 0.788 bits per heavy atom. The zero-order chi connectivity index (χ0) is 35.3. The highest BCUT2D eigenvalue weighted by Gasteiger charge is 2.33. The van der Waals surface area contributed by atoms with E-state index < -0.39 is 0 Å². The summed E-state index contributed by atoms with van der Waals surface area (Å²) in [6.07, 6.45) is 16.6. The summed E-state index contributed by atoms with van der Waals surface area (Å²) in [7, 11) is 0. The van der Waals surface area contributed by atoms with Crippen LogP contribution in [0.25, 0.3) is 22.3 Å². The van der Waals surface area contributed by atoms with E-state index in [2.05, 4.69) is 149 Å². The van der Waals surface area contributed by atoms with Crippen LogP contribution in [0.1, 0.15) is 44.5 Å². The molecule has 5 aliphatic heterocycles. The number of hydrogen-bond donors (Lipinski definition) is 0. The first-order valence-corrected chi connectivity index (χ1v) is 17.7. The molecule has 8 bridgehead atoms. The van der Waals surface area contributed by atoms with Gasteiger partial charge in [0.1, 0.15) is 0 Å². The molecule has 0 unspecified atom stereocenters. The molecule has 5 aliphatic rings. The van der Waals surface area contributed by atoms with Crippen LogP contribution < -0.4 is 0 Å². The van der Waals surface area contributed by atoms with Gasteiger partial charge < -0.3 is 0 Å². The fourth-order valence-electron chi connectivity index (χ4n) is 7.09. The third-order valence-corrected chi connectivity index (χ3v) is 9.86. The minimum Gasteiger partial charge on any atom is -0.249 e. The summed E-state index contributed by atoms with van der Waals surface area (Å²) in [5.41, 5.74) is 20.2. The van der Waals surface area contributed by atoms with Gasteiger partial charge in [-0.15, -0.1) is 0 Å². The molecule has 0 aromatic heterocycles. The van der Waals surface area contributed by atoms with E-state index >= 15 is 0 Å². The van der Waals surface area contributed by atoms with Crippen LogP contribution in [0.3, 0.4) is 0 Å². The Hall–Kier alpha value is -6.52. The molecule has 0 saturated carbocycles. The summed E-state index contributed by atoms with van der Waals surface area (Å²) < 4.78 is 0. The monoisotopic (exact) mass is 668 g/mol. The number of nitrogens with zero attached hydrogens (tertiary/aromatic N) is 4. The smallest absolute Gasteiger partial charge is 0.0822 e. The molecule has 0 radical (unpaired) electrons. The molecule has 248 valence electrons. The molecular formula is C48H36N4. The summed E-state index contributed by atoms with van der Waals surface area (Å²) >= 11 is 0. The van der Waals surface area contributed by atoms with Crippen LogP contribution in [-0.2, 0) is 0 Å². The number of aryl methyl sites for hydroxylation is 4. The van der Waals surface area contributed by atoms with Gasteiger partial charge in [-0.3, -0.25) is 0 Å². The Morgan fingerprint density at radius 3 is 1.33 bits per heavy atom. The zero-order valence-corrected chi connectivity index (χ0v) is 29.6. The van der Waals surface area contributed by atoms with Gasteiger partial charge in [-0.05, 0) is 98.6 Å². The lowest BCUT2D eigenvalue weighted by Gasteiger charge is -2.18. The molecule has 52 heavy (non-hydrogen) atoms. The highest BCUT2D eigenvalue weighted by molar-refractivity contribution is 6.50. The largest absolute Gasteiger partial charge is 0.249 e. The Labute approximate surface area is 304 Å². The molecule has 4 heteroatoms. The molecule has 9 rings (SSSR count). The predicted octanol–water partition coefficient (Wildman–Crippen LogP) is 10.9. The molecular weight excluding hydrogens is 633 g/mol. The Kier molecular flexibility index (Phi) is 7.66. The van der Waals surface area contributed by atoms with Crippen molar-refractivity contribution >= 4 is 45.1 Å². The molecule has 0 spiro atoms. The maximum Gasteiger partial charge on any atom is 0.0822 e. The van der Waals surface area contributed by atoms with Gasteiger partial charge in [0.2, 0.25) is 0 Å². The fourth-order valence-corrected chi connectivity index (χ4v) is 7.09. The van der Waals surface area contributed by atoms with E-state index in [0.717, 1.165) is 90.2 Å². The second kappa shape index (κ2) is 12.7. The van der Waals surface area contributed by atoms with E-state index in [-0.39, 0.29) is 0 Å². The first kappa shape index (κ1) is 31.5. The van der Waals surface area contributed by atoms with Gasteiger partial charge in [0.25, 0.3) is 0 Å². The minimum atomic E-state index is 0.842. The molecule has 5 heterocycles. The lowest BCUT2D eigenvalue weighted by molar-refractivity contribution is 1.39. The predicted molar refractivity (Wildman–Crippen MR) is 219 cm³/mol. The minimum absolute atomic E-state index is 0.842. The molecule has 0 N–H and O–H groups in total. The van der Waals surface area contributed by atoms with E-state index in [4.69, 9.17) is 20.0 Å². The van der Waals surface area contributed by atoms with Crippen molar-refractivity contribution in [1.82, 2.24) is 0 Å². The number of benzene rings is 4. The maximum absolute atomic E-state index is 5.64. The molecule has 0 aliphatic carbocycles. The number of hydrogen-bond acceptors (Lipinski definition) is 4. The van der Waals surface area contributed by atoms with E-state index in [1.165, 1.54) is 22.3 Å². The van der Waals surface area contributed by atoms with Crippen molar-refractivity contribution in [2.45, 2.75) is 27.7 Å². The molecule has 0 amide bonds. The van der Waals surface area contributed by atoms with Gasteiger partial charge in [0, 0.05) is 22.3 Å². The van der Waals surface area contributed by atoms with Crippen molar-refractivity contribution in [1.29, 1.82) is 0 Å². The topological polar surface area (TPSA) is 49.4 Å². The second-order valence-corrected chi connectivity index (χ2v) is 13.9. The van der Waals surface area contributed by atoms with Crippen molar-refractivity contribution in [3.63, 3.8) is 0 Å². The first-order valence-electron chi connectivity index (χ1n) is 17.7. The number of allylic oxidation sites excluding steroid dienone is 12. The molecule has 0 fully saturated rings. The molecule has 4 aromatic carbocycles. The fraction of sp³-hybridized carbons (Fsp3) is 0.0833. The van der Waals surface area contributed by atoms with Gasteiger partial charge in [-0.2, -0.15) is 0 Å². The normalized spacial score (nSPS) is 17.5. The third kappa shape index (κ3) is 5.88. The second-order valence-electron chi connectivity index (χ2n) is 13.9. The van der Waals surface area contributed by atoms with Crippen LogP contribution >= 0.6 is 0 Å². The van der Waals surface area contributed by atoms with E-state index in [1.54, 1.807) is 0 Å². The quantitative estimate of drug-likeness (QED) is 0.208. The maximum atomic E-state index is 5.64. The number of aliphatic imine (C=N–C) groups is 4. The zero-order valence-electron chi connectivity index (χ0n) is 29.6. The van der Waals surface area contributed by atoms with Crippen LogP contribution in [-0.4, -0.2) is 22.8 Å². The number of fused-ring (bicyclic) bond motifs is 4.